The van der Waals surface area contributed by atoms with E-state index in [9.17, 15) is 4.79 Å². The summed E-state index contributed by atoms with van der Waals surface area (Å²) in [6.45, 7) is 3.80. The third kappa shape index (κ3) is 4.18. The van der Waals surface area contributed by atoms with Gasteiger partial charge < -0.3 is 15.2 Å². The molecule has 0 fully saturated rings. The maximum absolute atomic E-state index is 11.8. The number of carbonyl (C=O) groups is 1. The number of nitrogens with two attached hydrogens (primary N) is 1. The van der Waals surface area contributed by atoms with Crippen molar-refractivity contribution >= 4 is 11.7 Å². The first-order valence-corrected chi connectivity index (χ1v) is 5.91. The molecule has 2 N–H and O–H groups in total. The first-order chi connectivity index (χ1) is 8.89. The van der Waals surface area contributed by atoms with E-state index in [-0.39, 0.29) is 6.61 Å². The van der Waals surface area contributed by atoms with Gasteiger partial charge in [-0.2, -0.15) is 5.26 Å². The molecule has 0 aromatic heterocycles. The highest BCUT2D eigenvalue weighted by Gasteiger charge is 2.18. The molecule has 0 spiro atoms. The maximum Gasteiger partial charge on any atom is 0.338 e. The molecule has 0 aliphatic heterocycles. The zero-order valence-electron chi connectivity index (χ0n) is 11.4. The molecule has 0 atom stereocenters. The molecular weight excluding hydrogens is 244 g/mol. The number of esters is 1. The van der Waals surface area contributed by atoms with Gasteiger partial charge in [0.2, 0.25) is 0 Å². The Kier molecular flexibility index (Phi) is 4.76. The summed E-state index contributed by atoms with van der Waals surface area (Å²) < 4.78 is 10.2. The van der Waals surface area contributed by atoms with Crippen molar-refractivity contribution in [1.29, 1.82) is 5.26 Å². The Morgan fingerprint density at radius 1 is 1.47 bits per heavy atom. The SMILES string of the molecule is COc1cc(C(=O)OCCC(C)(C)C#N)ccc1N. The van der Waals surface area contributed by atoms with Crippen LogP contribution in [-0.2, 0) is 4.74 Å². The van der Waals surface area contributed by atoms with Crippen molar-refractivity contribution in [3.8, 4) is 11.8 Å². The summed E-state index contributed by atoms with van der Waals surface area (Å²) in [5.74, 6) is -0.0150. The fourth-order valence-electron chi connectivity index (χ4n) is 1.38. The van der Waals surface area contributed by atoms with Gasteiger partial charge in [-0.05, 0) is 38.5 Å². The number of benzene rings is 1. The van der Waals surface area contributed by atoms with Crippen molar-refractivity contribution in [1.82, 2.24) is 0 Å². The fourth-order valence-corrected chi connectivity index (χ4v) is 1.38. The molecular formula is C14H18N2O3. The van der Waals surface area contributed by atoms with Crippen LogP contribution >= 0.6 is 0 Å². The van der Waals surface area contributed by atoms with E-state index in [1.54, 1.807) is 26.0 Å². The number of rotatable bonds is 5. The predicted molar refractivity (Wildman–Crippen MR) is 71.7 cm³/mol. The van der Waals surface area contributed by atoms with E-state index in [2.05, 4.69) is 6.07 Å². The highest BCUT2D eigenvalue weighted by Crippen LogP contribution is 2.23. The van der Waals surface area contributed by atoms with Gasteiger partial charge in [-0.3, -0.25) is 0 Å². The van der Waals surface area contributed by atoms with Crippen molar-refractivity contribution in [3.05, 3.63) is 23.8 Å². The number of carbonyl (C=O) groups excluding carboxylic acids is 1. The van der Waals surface area contributed by atoms with Crippen LogP contribution in [0.25, 0.3) is 0 Å². The molecule has 0 heterocycles. The molecule has 0 radical (unpaired) electrons. The van der Waals surface area contributed by atoms with Crippen LogP contribution in [0.3, 0.4) is 0 Å². The number of nitrogens with zero attached hydrogens (tertiary/aromatic N) is 1. The third-order valence-electron chi connectivity index (χ3n) is 2.73. The fraction of sp³-hybridized carbons (Fsp3) is 0.429. The Morgan fingerprint density at radius 3 is 2.74 bits per heavy atom. The molecule has 0 aliphatic rings. The van der Waals surface area contributed by atoms with Crippen LogP contribution in [0.15, 0.2) is 18.2 Å². The highest BCUT2D eigenvalue weighted by atomic mass is 16.5. The molecule has 0 amide bonds. The first kappa shape index (κ1) is 14.8. The van der Waals surface area contributed by atoms with Gasteiger partial charge in [-0.15, -0.1) is 0 Å². The lowest BCUT2D eigenvalue weighted by molar-refractivity contribution is 0.0474. The maximum atomic E-state index is 11.8. The lowest BCUT2D eigenvalue weighted by atomic mass is 9.92. The van der Waals surface area contributed by atoms with Crippen LogP contribution in [0.5, 0.6) is 5.75 Å². The topological polar surface area (TPSA) is 85.3 Å². The summed E-state index contributed by atoms with van der Waals surface area (Å²) in [6, 6.07) is 6.86. The quantitative estimate of drug-likeness (QED) is 0.650. The second-order valence-electron chi connectivity index (χ2n) is 4.84. The molecule has 0 unspecified atom stereocenters. The number of ether oxygens (including phenoxy) is 2. The van der Waals surface area contributed by atoms with Crippen LogP contribution < -0.4 is 10.5 Å². The Hall–Kier alpha value is -2.22. The highest BCUT2D eigenvalue weighted by molar-refractivity contribution is 5.90. The molecule has 1 aromatic carbocycles. The van der Waals surface area contributed by atoms with E-state index in [1.807, 2.05) is 0 Å². The average Bonchev–Trinajstić information content (AvgIpc) is 2.39. The van der Waals surface area contributed by atoms with E-state index in [0.717, 1.165) is 0 Å². The van der Waals surface area contributed by atoms with Gasteiger partial charge in [0.05, 0.1) is 36.5 Å². The standard InChI is InChI=1S/C14H18N2O3/c1-14(2,9-15)6-7-19-13(17)10-4-5-11(16)12(8-10)18-3/h4-5,8H,6-7,16H2,1-3H3. The third-order valence-corrected chi connectivity index (χ3v) is 2.73. The molecule has 102 valence electrons. The lowest BCUT2D eigenvalue weighted by Crippen LogP contribution is -2.14. The van der Waals surface area contributed by atoms with E-state index in [1.165, 1.54) is 13.2 Å². The van der Waals surface area contributed by atoms with Crippen LogP contribution in [0.4, 0.5) is 5.69 Å². The molecule has 1 aromatic rings. The number of methoxy groups -OCH3 is 1. The second kappa shape index (κ2) is 6.10. The van der Waals surface area contributed by atoms with E-state index in [4.69, 9.17) is 20.5 Å². The molecule has 0 aliphatic carbocycles. The minimum absolute atomic E-state index is 0.200. The predicted octanol–water partition coefficient (Wildman–Crippen LogP) is 2.37. The van der Waals surface area contributed by atoms with E-state index < -0.39 is 11.4 Å². The minimum atomic E-state index is -0.501. The number of hydrogen-bond donors (Lipinski definition) is 1. The number of nitrogen functional groups attached to an aromatic ring is 1. The smallest absolute Gasteiger partial charge is 0.338 e. The number of anilines is 1. The van der Waals surface area contributed by atoms with Crippen molar-refractivity contribution in [2.24, 2.45) is 5.41 Å². The summed E-state index contributed by atoms with van der Waals surface area (Å²) >= 11 is 0. The lowest BCUT2D eigenvalue weighted by Gasteiger charge is -2.14. The molecule has 0 bridgehead atoms. The van der Waals surface area contributed by atoms with E-state index in [0.29, 0.717) is 23.4 Å². The molecule has 1 rings (SSSR count). The Balaban J connectivity index is 2.62. The van der Waals surface area contributed by atoms with Gasteiger partial charge in [0, 0.05) is 0 Å². The monoisotopic (exact) mass is 262 g/mol. The van der Waals surface area contributed by atoms with Gasteiger partial charge in [0.25, 0.3) is 0 Å². The molecule has 0 saturated heterocycles. The zero-order chi connectivity index (χ0) is 14.5. The minimum Gasteiger partial charge on any atom is -0.495 e. The van der Waals surface area contributed by atoms with Crippen molar-refractivity contribution in [3.63, 3.8) is 0 Å². The van der Waals surface area contributed by atoms with Gasteiger partial charge >= 0.3 is 5.97 Å². The van der Waals surface area contributed by atoms with Gasteiger partial charge in [-0.1, -0.05) is 0 Å². The molecule has 5 nitrogen and oxygen atoms in total. The summed E-state index contributed by atoms with van der Waals surface area (Å²) in [5.41, 5.74) is 6.00. The first-order valence-electron chi connectivity index (χ1n) is 5.91. The van der Waals surface area contributed by atoms with Crippen LogP contribution in [0.2, 0.25) is 0 Å². The van der Waals surface area contributed by atoms with Crippen molar-refractivity contribution in [2.45, 2.75) is 20.3 Å². The Morgan fingerprint density at radius 2 is 2.16 bits per heavy atom. The summed E-state index contributed by atoms with van der Waals surface area (Å²) in [7, 11) is 1.48. The van der Waals surface area contributed by atoms with Gasteiger partial charge in [-0.25, -0.2) is 4.79 Å². The largest absolute Gasteiger partial charge is 0.495 e. The van der Waals surface area contributed by atoms with Crippen LogP contribution in [0.1, 0.15) is 30.6 Å². The van der Waals surface area contributed by atoms with E-state index >= 15 is 0 Å². The van der Waals surface area contributed by atoms with Crippen LogP contribution in [-0.4, -0.2) is 19.7 Å². The zero-order valence-corrected chi connectivity index (χ0v) is 11.4. The molecule has 0 saturated carbocycles. The second-order valence-corrected chi connectivity index (χ2v) is 4.84. The Labute approximate surface area is 112 Å². The molecule has 19 heavy (non-hydrogen) atoms. The number of hydrogen-bond acceptors (Lipinski definition) is 5. The summed E-state index contributed by atoms with van der Waals surface area (Å²) in [6.07, 6.45) is 0.487. The van der Waals surface area contributed by atoms with Crippen molar-refractivity contribution < 1.29 is 14.3 Å². The summed E-state index contributed by atoms with van der Waals surface area (Å²) in [4.78, 5) is 11.8. The summed E-state index contributed by atoms with van der Waals surface area (Å²) in [5, 5.41) is 8.85. The number of nitriles is 1. The van der Waals surface area contributed by atoms with Crippen LogP contribution in [0, 0.1) is 16.7 Å². The average molecular weight is 262 g/mol. The normalized spacial score (nSPS) is 10.6. The van der Waals surface area contributed by atoms with Gasteiger partial charge in [0.15, 0.2) is 0 Å². The van der Waals surface area contributed by atoms with Gasteiger partial charge in [0.1, 0.15) is 5.75 Å². The van der Waals surface area contributed by atoms with Crippen molar-refractivity contribution in [2.75, 3.05) is 19.5 Å². The Bertz CT molecular complexity index is 504. The molecule has 5 heteroatoms.